The number of nitrogens with zero attached hydrogens (tertiary/aromatic N) is 2. The Balaban J connectivity index is 0.000000156. The zero-order valence-electron chi connectivity index (χ0n) is 14.3. The Morgan fingerprint density at radius 1 is 0.778 bits per heavy atom. The SMILES string of the molecule is C(=C\c1ccncc1)/c1ccncc1.O=C(O)[C@@H]1[C@H](C(=O)O)[C@H]2C=C[C@@H]1O2. The molecule has 138 valence electrons. The molecule has 0 aromatic carbocycles. The highest BCUT2D eigenvalue weighted by atomic mass is 16.5. The third kappa shape index (κ3) is 4.45. The van der Waals surface area contributed by atoms with Crippen LogP contribution in [0.2, 0.25) is 0 Å². The molecule has 0 spiro atoms. The van der Waals surface area contributed by atoms with Crippen molar-refractivity contribution in [2.45, 2.75) is 12.2 Å². The summed E-state index contributed by atoms with van der Waals surface area (Å²) in [7, 11) is 0. The van der Waals surface area contributed by atoms with E-state index in [2.05, 4.69) is 22.1 Å². The molecule has 1 fully saturated rings. The van der Waals surface area contributed by atoms with Crippen LogP contribution in [0.15, 0.2) is 61.2 Å². The van der Waals surface area contributed by atoms with Gasteiger partial charge >= 0.3 is 11.9 Å². The van der Waals surface area contributed by atoms with Gasteiger partial charge < -0.3 is 14.9 Å². The lowest BCUT2D eigenvalue weighted by atomic mass is 9.83. The summed E-state index contributed by atoms with van der Waals surface area (Å²) in [4.78, 5) is 29.4. The van der Waals surface area contributed by atoms with Gasteiger partial charge in [-0.3, -0.25) is 19.6 Å². The van der Waals surface area contributed by atoms with Gasteiger partial charge in [-0.25, -0.2) is 0 Å². The molecule has 7 heteroatoms. The smallest absolute Gasteiger partial charge is 0.310 e. The summed E-state index contributed by atoms with van der Waals surface area (Å²) >= 11 is 0. The average molecular weight is 366 g/mol. The maximum absolute atomic E-state index is 10.7. The first-order valence-corrected chi connectivity index (χ1v) is 8.34. The predicted octanol–water partition coefficient (Wildman–Crippen LogP) is 2.37. The first kappa shape index (κ1) is 18.5. The number of pyridine rings is 2. The fourth-order valence-corrected chi connectivity index (χ4v) is 3.04. The van der Waals surface area contributed by atoms with E-state index in [1.165, 1.54) is 0 Å². The molecule has 27 heavy (non-hydrogen) atoms. The average Bonchev–Trinajstić information content (AvgIpc) is 3.30. The number of rotatable bonds is 4. The third-order valence-corrected chi connectivity index (χ3v) is 4.35. The molecule has 7 nitrogen and oxygen atoms in total. The lowest BCUT2D eigenvalue weighted by molar-refractivity contribution is -0.152. The second kappa shape index (κ2) is 8.37. The molecule has 2 bridgehead atoms. The molecule has 0 saturated carbocycles. The standard InChI is InChI=1S/C12H10N2.C8H8O5/c1(11-3-7-13-8-4-11)2-12-5-9-14-10-6-12;9-7(10)5-3-1-2-4(13-3)6(5)8(11)12/h1-10H;1-6H,(H,9,10)(H,11,12)/b2-1+;/t;3-,4+,5-,6+. The molecule has 2 aromatic rings. The van der Waals surface area contributed by atoms with Crippen LogP contribution in [0, 0.1) is 11.8 Å². The molecule has 4 atom stereocenters. The molecule has 2 aromatic heterocycles. The molecule has 2 aliphatic rings. The van der Waals surface area contributed by atoms with E-state index >= 15 is 0 Å². The van der Waals surface area contributed by atoms with Crippen molar-refractivity contribution in [3.8, 4) is 0 Å². The number of carboxylic acids is 2. The molecule has 2 aliphatic heterocycles. The van der Waals surface area contributed by atoms with Crippen LogP contribution in [0.1, 0.15) is 11.1 Å². The van der Waals surface area contributed by atoms with Gasteiger partial charge in [0.05, 0.1) is 12.2 Å². The van der Waals surface area contributed by atoms with Crippen molar-refractivity contribution in [2.75, 3.05) is 0 Å². The first-order chi connectivity index (χ1) is 13.1. The van der Waals surface area contributed by atoms with Crippen LogP contribution >= 0.6 is 0 Å². The van der Waals surface area contributed by atoms with Crippen molar-refractivity contribution in [1.29, 1.82) is 0 Å². The number of carboxylic acid groups (broad SMARTS) is 2. The Morgan fingerprint density at radius 3 is 1.48 bits per heavy atom. The molecule has 0 amide bonds. The summed E-state index contributed by atoms with van der Waals surface area (Å²) in [6.07, 6.45) is 13.3. The van der Waals surface area contributed by atoms with E-state index in [1.807, 2.05) is 24.3 Å². The van der Waals surface area contributed by atoms with Crippen LogP contribution in [0.3, 0.4) is 0 Å². The number of fused-ring (bicyclic) bond motifs is 2. The minimum atomic E-state index is -1.11. The minimum Gasteiger partial charge on any atom is -0.481 e. The van der Waals surface area contributed by atoms with E-state index in [9.17, 15) is 9.59 Å². The number of aliphatic carboxylic acids is 2. The predicted molar refractivity (Wildman–Crippen MR) is 97.5 cm³/mol. The molecule has 4 rings (SSSR count). The van der Waals surface area contributed by atoms with Crippen LogP contribution in [0.25, 0.3) is 12.2 Å². The summed E-state index contributed by atoms with van der Waals surface area (Å²) in [6, 6.07) is 7.88. The van der Waals surface area contributed by atoms with Crippen molar-refractivity contribution in [2.24, 2.45) is 11.8 Å². The molecule has 0 aliphatic carbocycles. The van der Waals surface area contributed by atoms with Gasteiger partial charge in [-0.15, -0.1) is 0 Å². The van der Waals surface area contributed by atoms with Gasteiger partial charge in [-0.2, -0.15) is 0 Å². The second-order valence-electron chi connectivity index (χ2n) is 6.07. The Kier molecular flexibility index (Phi) is 5.73. The van der Waals surface area contributed by atoms with E-state index in [0.717, 1.165) is 11.1 Å². The van der Waals surface area contributed by atoms with E-state index in [0.29, 0.717) is 0 Å². The number of ether oxygens (including phenoxy) is 1. The Morgan fingerprint density at radius 2 is 1.15 bits per heavy atom. The maximum atomic E-state index is 10.7. The highest BCUT2D eigenvalue weighted by Gasteiger charge is 2.53. The van der Waals surface area contributed by atoms with Crippen molar-refractivity contribution in [1.82, 2.24) is 9.97 Å². The van der Waals surface area contributed by atoms with Crippen molar-refractivity contribution >= 4 is 24.1 Å². The van der Waals surface area contributed by atoms with Gasteiger partial charge in [0.25, 0.3) is 0 Å². The molecule has 4 heterocycles. The van der Waals surface area contributed by atoms with E-state index in [4.69, 9.17) is 14.9 Å². The lowest BCUT2D eigenvalue weighted by Gasteiger charge is -2.16. The largest absolute Gasteiger partial charge is 0.481 e. The fraction of sp³-hybridized carbons (Fsp3) is 0.200. The molecule has 1 saturated heterocycles. The van der Waals surface area contributed by atoms with Crippen molar-refractivity contribution in [3.05, 3.63) is 72.3 Å². The van der Waals surface area contributed by atoms with Gasteiger partial charge in [0.15, 0.2) is 0 Å². The number of aromatic nitrogens is 2. The van der Waals surface area contributed by atoms with Crippen LogP contribution in [-0.4, -0.2) is 44.3 Å². The highest BCUT2D eigenvalue weighted by Crippen LogP contribution is 2.39. The van der Waals surface area contributed by atoms with Crippen LogP contribution < -0.4 is 0 Å². The van der Waals surface area contributed by atoms with Gasteiger partial charge in [0.2, 0.25) is 0 Å². The quantitative estimate of drug-likeness (QED) is 0.799. The number of hydrogen-bond donors (Lipinski definition) is 2. The zero-order valence-corrected chi connectivity index (χ0v) is 14.3. The maximum Gasteiger partial charge on any atom is 0.310 e. The minimum absolute atomic E-state index is 0.566. The van der Waals surface area contributed by atoms with Gasteiger partial charge in [-0.1, -0.05) is 24.3 Å². The zero-order chi connectivity index (χ0) is 19.2. The molecular weight excluding hydrogens is 348 g/mol. The third-order valence-electron chi connectivity index (χ3n) is 4.35. The van der Waals surface area contributed by atoms with Crippen LogP contribution in [0.4, 0.5) is 0 Å². The van der Waals surface area contributed by atoms with Crippen molar-refractivity contribution in [3.63, 3.8) is 0 Å². The van der Waals surface area contributed by atoms with E-state index < -0.39 is 36.0 Å². The number of hydrogen-bond acceptors (Lipinski definition) is 5. The normalized spacial score (nSPS) is 25.2. The van der Waals surface area contributed by atoms with Gasteiger partial charge in [0.1, 0.15) is 11.8 Å². The summed E-state index contributed by atoms with van der Waals surface area (Å²) in [5.74, 6) is -4.09. The monoisotopic (exact) mass is 366 g/mol. The topological polar surface area (TPSA) is 110 Å². The summed E-state index contributed by atoms with van der Waals surface area (Å²) < 4.78 is 5.15. The molecule has 0 unspecified atom stereocenters. The van der Waals surface area contributed by atoms with E-state index in [1.54, 1.807) is 36.9 Å². The Bertz CT molecular complexity index is 782. The summed E-state index contributed by atoms with van der Waals surface area (Å²) in [5.41, 5.74) is 2.30. The fourth-order valence-electron chi connectivity index (χ4n) is 3.04. The van der Waals surface area contributed by atoms with Gasteiger partial charge in [-0.05, 0) is 35.4 Å². The Hall–Kier alpha value is -3.32. The van der Waals surface area contributed by atoms with Crippen LogP contribution in [0.5, 0.6) is 0 Å². The molecular formula is C20H18N2O5. The molecule has 0 radical (unpaired) electrons. The first-order valence-electron chi connectivity index (χ1n) is 8.34. The highest BCUT2D eigenvalue weighted by molar-refractivity contribution is 5.83. The van der Waals surface area contributed by atoms with Gasteiger partial charge in [0, 0.05) is 24.8 Å². The van der Waals surface area contributed by atoms with E-state index in [-0.39, 0.29) is 0 Å². The second-order valence-corrected chi connectivity index (χ2v) is 6.07. The van der Waals surface area contributed by atoms with Crippen molar-refractivity contribution < 1.29 is 24.5 Å². The number of carbonyl (C=O) groups is 2. The molecule has 2 N–H and O–H groups in total. The summed E-state index contributed by atoms with van der Waals surface area (Å²) in [6.45, 7) is 0. The Labute approximate surface area is 155 Å². The van der Waals surface area contributed by atoms with Crippen LogP contribution in [-0.2, 0) is 14.3 Å². The summed E-state index contributed by atoms with van der Waals surface area (Å²) in [5, 5.41) is 17.6. The lowest BCUT2D eigenvalue weighted by Crippen LogP contribution is -2.36.